The van der Waals surface area contributed by atoms with Crippen molar-refractivity contribution in [2.45, 2.75) is 20.8 Å². The predicted molar refractivity (Wildman–Crippen MR) is 104 cm³/mol. The summed E-state index contributed by atoms with van der Waals surface area (Å²) in [5, 5.41) is 14.4. The average Bonchev–Trinajstić information content (AvgIpc) is 3.33. The highest BCUT2D eigenvalue weighted by Crippen LogP contribution is 2.39. The summed E-state index contributed by atoms with van der Waals surface area (Å²) in [6, 6.07) is 4.88. The van der Waals surface area contributed by atoms with E-state index in [1.165, 1.54) is 0 Å². The first-order valence-electron chi connectivity index (χ1n) is 9.27. The Hall–Kier alpha value is -3.56. The third-order valence-corrected chi connectivity index (χ3v) is 3.86. The van der Waals surface area contributed by atoms with Crippen LogP contribution in [0.2, 0.25) is 0 Å². The maximum Gasteiger partial charge on any atom is 0.322 e. The SMILES string of the molecule is CCOc1cc(C(=O)Nc2nnc(-c3ccnn3C)o2)cc(OCC)c1OCC. The second-order valence-corrected chi connectivity index (χ2v) is 5.81. The van der Waals surface area contributed by atoms with Crippen LogP contribution in [0.1, 0.15) is 31.1 Å². The van der Waals surface area contributed by atoms with E-state index in [1.54, 1.807) is 36.1 Å². The Balaban J connectivity index is 1.86. The van der Waals surface area contributed by atoms with Crippen molar-refractivity contribution in [1.29, 1.82) is 0 Å². The van der Waals surface area contributed by atoms with E-state index in [2.05, 4.69) is 20.6 Å². The van der Waals surface area contributed by atoms with E-state index in [1.807, 2.05) is 20.8 Å². The number of carbonyl (C=O) groups excluding carboxylic acids is 1. The molecule has 2 heterocycles. The third-order valence-electron chi connectivity index (χ3n) is 3.86. The smallest absolute Gasteiger partial charge is 0.322 e. The molecule has 0 saturated carbocycles. The summed E-state index contributed by atoms with van der Waals surface area (Å²) in [5.41, 5.74) is 0.942. The minimum absolute atomic E-state index is 0.0315. The highest BCUT2D eigenvalue weighted by molar-refractivity contribution is 6.04. The first-order chi connectivity index (χ1) is 14.1. The van der Waals surface area contributed by atoms with E-state index < -0.39 is 5.91 Å². The summed E-state index contributed by atoms with van der Waals surface area (Å²) in [5.74, 6) is 1.11. The van der Waals surface area contributed by atoms with E-state index in [0.29, 0.717) is 48.3 Å². The zero-order valence-corrected chi connectivity index (χ0v) is 16.8. The molecule has 0 radical (unpaired) electrons. The zero-order valence-electron chi connectivity index (χ0n) is 16.8. The molecule has 0 spiro atoms. The third kappa shape index (κ3) is 4.48. The van der Waals surface area contributed by atoms with Crippen molar-refractivity contribution in [3.05, 3.63) is 30.0 Å². The molecule has 0 unspecified atom stereocenters. The summed E-state index contributed by atoms with van der Waals surface area (Å²) >= 11 is 0. The van der Waals surface area contributed by atoms with Gasteiger partial charge in [-0.3, -0.25) is 14.8 Å². The maximum atomic E-state index is 12.8. The summed E-state index contributed by atoms with van der Waals surface area (Å²) in [6.07, 6.45) is 1.61. The summed E-state index contributed by atoms with van der Waals surface area (Å²) in [6.45, 7) is 6.82. The number of amides is 1. The van der Waals surface area contributed by atoms with E-state index in [9.17, 15) is 4.79 Å². The van der Waals surface area contributed by atoms with E-state index in [-0.39, 0.29) is 11.9 Å². The monoisotopic (exact) mass is 401 g/mol. The van der Waals surface area contributed by atoms with E-state index >= 15 is 0 Å². The first kappa shape index (κ1) is 20.2. The largest absolute Gasteiger partial charge is 0.490 e. The number of nitrogens with zero attached hydrogens (tertiary/aromatic N) is 4. The van der Waals surface area contributed by atoms with Crippen molar-refractivity contribution < 1.29 is 23.4 Å². The normalized spacial score (nSPS) is 10.6. The van der Waals surface area contributed by atoms with Crippen LogP contribution in [0.15, 0.2) is 28.8 Å². The van der Waals surface area contributed by atoms with Crippen molar-refractivity contribution in [1.82, 2.24) is 20.0 Å². The molecule has 2 aromatic heterocycles. The highest BCUT2D eigenvalue weighted by atomic mass is 16.5. The molecular formula is C19H23N5O5. The van der Waals surface area contributed by atoms with Crippen molar-refractivity contribution in [3.63, 3.8) is 0 Å². The topological polar surface area (TPSA) is 114 Å². The van der Waals surface area contributed by atoms with Crippen LogP contribution in [0.5, 0.6) is 17.2 Å². The van der Waals surface area contributed by atoms with Crippen LogP contribution in [0, 0.1) is 0 Å². The van der Waals surface area contributed by atoms with Crippen molar-refractivity contribution in [3.8, 4) is 28.8 Å². The molecule has 1 N–H and O–H groups in total. The lowest BCUT2D eigenvalue weighted by Crippen LogP contribution is -2.13. The number of aryl methyl sites for hydroxylation is 1. The number of hydrogen-bond acceptors (Lipinski definition) is 8. The lowest BCUT2D eigenvalue weighted by atomic mass is 10.1. The van der Waals surface area contributed by atoms with Crippen LogP contribution in [0.3, 0.4) is 0 Å². The Bertz CT molecular complexity index is 954. The molecule has 0 atom stereocenters. The van der Waals surface area contributed by atoms with Gasteiger partial charge in [-0.2, -0.15) is 5.10 Å². The molecule has 29 heavy (non-hydrogen) atoms. The van der Waals surface area contributed by atoms with Crippen LogP contribution >= 0.6 is 0 Å². The molecule has 3 rings (SSSR count). The van der Waals surface area contributed by atoms with Gasteiger partial charge in [0.2, 0.25) is 5.75 Å². The van der Waals surface area contributed by atoms with Gasteiger partial charge in [-0.15, -0.1) is 5.10 Å². The molecule has 0 aliphatic heterocycles. The molecule has 154 valence electrons. The second kappa shape index (κ2) is 9.09. The van der Waals surface area contributed by atoms with Gasteiger partial charge in [-0.05, 0) is 39.0 Å². The molecule has 0 saturated heterocycles. The number of ether oxygens (including phenoxy) is 3. The molecule has 10 heteroatoms. The fourth-order valence-electron chi connectivity index (χ4n) is 2.65. The highest BCUT2D eigenvalue weighted by Gasteiger charge is 2.20. The minimum Gasteiger partial charge on any atom is -0.490 e. The van der Waals surface area contributed by atoms with Crippen molar-refractivity contribution in [2.75, 3.05) is 25.1 Å². The molecular weight excluding hydrogens is 378 g/mol. The van der Waals surface area contributed by atoms with E-state index in [4.69, 9.17) is 18.6 Å². The Kier molecular flexibility index (Phi) is 6.32. The predicted octanol–water partition coefficient (Wildman–Crippen LogP) is 2.92. The van der Waals surface area contributed by atoms with Gasteiger partial charge >= 0.3 is 6.01 Å². The summed E-state index contributed by atoms with van der Waals surface area (Å²) in [7, 11) is 1.75. The van der Waals surface area contributed by atoms with Crippen molar-refractivity contribution in [2.24, 2.45) is 7.05 Å². The average molecular weight is 401 g/mol. The standard InChI is InChI=1S/C19H23N5O5/c1-5-26-14-10-12(11-15(27-6-2)16(14)28-7-3)17(25)21-19-23-22-18(29-19)13-8-9-20-24(13)4/h8-11H,5-7H2,1-4H3,(H,21,23,25). The van der Waals surface area contributed by atoms with Crippen LogP contribution in [-0.4, -0.2) is 45.7 Å². The van der Waals surface area contributed by atoms with Gasteiger partial charge in [0.25, 0.3) is 11.8 Å². The molecule has 0 bridgehead atoms. The van der Waals surface area contributed by atoms with E-state index in [0.717, 1.165) is 0 Å². The molecule has 0 aliphatic carbocycles. The molecule has 0 fully saturated rings. The fourth-order valence-corrected chi connectivity index (χ4v) is 2.65. The van der Waals surface area contributed by atoms with Gasteiger partial charge in [0, 0.05) is 18.8 Å². The summed E-state index contributed by atoms with van der Waals surface area (Å²) < 4.78 is 24.0. The quantitative estimate of drug-likeness (QED) is 0.582. The molecule has 1 aromatic carbocycles. The molecule has 0 aliphatic rings. The molecule has 10 nitrogen and oxygen atoms in total. The number of anilines is 1. The van der Waals surface area contributed by atoms with Gasteiger partial charge < -0.3 is 18.6 Å². The number of hydrogen-bond donors (Lipinski definition) is 1. The van der Waals surface area contributed by atoms with Gasteiger partial charge in [-0.25, -0.2) is 0 Å². The van der Waals surface area contributed by atoms with Gasteiger partial charge in [-0.1, -0.05) is 5.10 Å². The van der Waals surface area contributed by atoms with Crippen molar-refractivity contribution >= 4 is 11.9 Å². The Morgan fingerprint density at radius 2 is 1.72 bits per heavy atom. The van der Waals surface area contributed by atoms with Crippen LogP contribution in [-0.2, 0) is 7.05 Å². The minimum atomic E-state index is -0.449. The zero-order chi connectivity index (χ0) is 20.8. The number of aromatic nitrogens is 4. The van der Waals surface area contributed by atoms with Crippen LogP contribution in [0.4, 0.5) is 6.01 Å². The maximum absolute atomic E-state index is 12.8. The van der Waals surface area contributed by atoms with Gasteiger partial charge in [0.1, 0.15) is 5.69 Å². The number of nitrogens with one attached hydrogen (secondary N) is 1. The Morgan fingerprint density at radius 3 is 2.28 bits per heavy atom. The van der Waals surface area contributed by atoms with Gasteiger partial charge in [0.15, 0.2) is 11.5 Å². The lowest BCUT2D eigenvalue weighted by molar-refractivity contribution is 0.102. The molecule has 3 aromatic rings. The number of benzene rings is 1. The van der Waals surface area contributed by atoms with Gasteiger partial charge in [0.05, 0.1) is 19.8 Å². The first-order valence-corrected chi connectivity index (χ1v) is 9.27. The number of rotatable bonds is 9. The van der Waals surface area contributed by atoms with Crippen LogP contribution < -0.4 is 19.5 Å². The lowest BCUT2D eigenvalue weighted by Gasteiger charge is -2.16. The fraction of sp³-hybridized carbons (Fsp3) is 0.368. The second-order valence-electron chi connectivity index (χ2n) is 5.81. The Labute approximate surface area is 167 Å². The Morgan fingerprint density at radius 1 is 1.07 bits per heavy atom. The van der Waals surface area contributed by atoms with Crippen LogP contribution in [0.25, 0.3) is 11.6 Å². The number of carbonyl (C=O) groups is 1. The summed E-state index contributed by atoms with van der Waals surface area (Å²) in [4.78, 5) is 12.8. The molecule has 1 amide bonds.